The second-order valence-electron chi connectivity index (χ2n) is 4.81. The van der Waals surface area contributed by atoms with E-state index in [1.54, 1.807) is 9.80 Å². The Kier molecular flexibility index (Phi) is 3.93. The zero-order valence-corrected chi connectivity index (χ0v) is 12.1. The van der Waals surface area contributed by atoms with Crippen LogP contribution in [0.2, 0.25) is 5.28 Å². The Labute approximate surface area is 129 Å². The lowest BCUT2D eigenvalue weighted by Gasteiger charge is -2.36. The number of rotatable bonds is 2. The number of anilines is 2. The predicted molar refractivity (Wildman–Crippen MR) is 78.4 cm³/mol. The molecule has 3 rings (SSSR count). The smallest absolute Gasteiger partial charge is 0.350 e. The molecule has 1 saturated heterocycles. The van der Waals surface area contributed by atoms with E-state index in [9.17, 15) is 13.6 Å². The highest BCUT2D eigenvalue weighted by atomic mass is 35.5. The van der Waals surface area contributed by atoms with Gasteiger partial charge in [0, 0.05) is 32.2 Å². The van der Waals surface area contributed by atoms with Crippen LogP contribution in [0.25, 0.3) is 0 Å². The topological polar surface area (TPSA) is 65.1 Å². The number of hydrogen-bond acceptors (Lipinski definition) is 5. The highest BCUT2D eigenvalue weighted by molar-refractivity contribution is 6.28. The average Bonchev–Trinajstić information content (AvgIpc) is 2.46. The van der Waals surface area contributed by atoms with Crippen LogP contribution in [-0.2, 0) is 0 Å². The molecule has 0 saturated carbocycles. The van der Waals surface area contributed by atoms with Crippen molar-refractivity contribution < 1.29 is 8.78 Å². The maximum absolute atomic E-state index is 13.8. The number of aromatic amines is 1. The van der Waals surface area contributed by atoms with Gasteiger partial charge in [-0.2, -0.15) is 9.97 Å². The van der Waals surface area contributed by atoms with Gasteiger partial charge in [0.05, 0.1) is 5.69 Å². The highest BCUT2D eigenvalue weighted by Gasteiger charge is 2.22. The van der Waals surface area contributed by atoms with Crippen molar-refractivity contribution in [2.75, 3.05) is 36.0 Å². The first-order valence-corrected chi connectivity index (χ1v) is 6.99. The molecule has 0 aliphatic carbocycles. The lowest BCUT2D eigenvalue weighted by molar-refractivity contribution is 0.568. The Morgan fingerprint density at radius 1 is 1.09 bits per heavy atom. The number of hydrogen-bond donors (Lipinski definition) is 1. The summed E-state index contributed by atoms with van der Waals surface area (Å²) in [6, 6.07) is 3.51. The number of H-pyrrole nitrogens is 1. The third-order valence-corrected chi connectivity index (χ3v) is 3.60. The number of benzene rings is 1. The Bertz CT molecular complexity index is 745. The minimum absolute atomic E-state index is 0.0259. The molecular formula is C13H12ClF2N5O. The van der Waals surface area contributed by atoms with Crippen LogP contribution in [0, 0.1) is 11.6 Å². The van der Waals surface area contributed by atoms with Gasteiger partial charge in [-0.1, -0.05) is 0 Å². The highest BCUT2D eigenvalue weighted by Crippen LogP contribution is 2.22. The van der Waals surface area contributed by atoms with E-state index < -0.39 is 17.3 Å². The summed E-state index contributed by atoms with van der Waals surface area (Å²) in [7, 11) is 0. The van der Waals surface area contributed by atoms with Crippen LogP contribution in [0.3, 0.4) is 0 Å². The molecule has 1 N–H and O–H groups in total. The third-order valence-electron chi connectivity index (χ3n) is 3.42. The number of nitrogens with zero attached hydrogens (tertiary/aromatic N) is 4. The van der Waals surface area contributed by atoms with Crippen molar-refractivity contribution in [2.24, 2.45) is 0 Å². The largest absolute Gasteiger partial charge is 0.366 e. The first-order valence-electron chi connectivity index (χ1n) is 6.62. The van der Waals surface area contributed by atoms with E-state index >= 15 is 0 Å². The molecule has 0 spiro atoms. The molecule has 22 heavy (non-hydrogen) atoms. The minimum Gasteiger partial charge on any atom is -0.366 e. The molecular weight excluding hydrogens is 316 g/mol. The van der Waals surface area contributed by atoms with Crippen LogP contribution in [0.15, 0.2) is 23.0 Å². The monoisotopic (exact) mass is 327 g/mol. The van der Waals surface area contributed by atoms with Gasteiger partial charge < -0.3 is 9.80 Å². The van der Waals surface area contributed by atoms with E-state index in [4.69, 9.17) is 11.6 Å². The summed E-state index contributed by atoms with van der Waals surface area (Å²) in [6.07, 6.45) is 0. The quantitative estimate of drug-likeness (QED) is 0.904. The van der Waals surface area contributed by atoms with Crippen LogP contribution in [0.4, 0.5) is 20.4 Å². The second-order valence-corrected chi connectivity index (χ2v) is 5.17. The van der Waals surface area contributed by atoms with Gasteiger partial charge in [0.25, 0.3) is 0 Å². The lowest BCUT2D eigenvalue weighted by Crippen LogP contribution is -2.47. The molecule has 1 aliphatic rings. The van der Waals surface area contributed by atoms with Gasteiger partial charge in [-0.25, -0.2) is 13.6 Å². The van der Waals surface area contributed by atoms with E-state index in [-0.39, 0.29) is 11.2 Å². The number of piperazine rings is 1. The van der Waals surface area contributed by atoms with Crippen molar-refractivity contribution in [3.63, 3.8) is 0 Å². The molecule has 0 bridgehead atoms. The Morgan fingerprint density at radius 3 is 2.41 bits per heavy atom. The SMILES string of the molecule is O=c1nc(N2CCN(c3ccc(F)cc3F)CC2)nc(Cl)[nH]1. The first-order chi connectivity index (χ1) is 10.5. The fraction of sp³-hybridized carbons (Fsp3) is 0.308. The zero-order chi connectivity index (χ0) is 15.7. The van der Waals surface area contributed by atoms with Crippen molar-refractivity contribution in [2.45, 2.75) is 0 Å². The molecule has 0 unspecified atom stereocenters. The summed E-state index contributed by atoms with van der Waals surface area (Å²) >= 11 is 5.70. The third kappa shape index (κ3) is 3.01. The molecule has 1 aromatic heterocycles. The average molecular weight is 328 g/mol. The van der Waals surface area contributed by atoms with Crippen LogP contribution < -0.4 is 15.5 Å². The summed E-state index contributed by atoms with van der Waals surface area (Å²) in [6.45, 7) is 1.99. The van der Waals surface area contributed by atoms with Gasteiger partial charge in [-0.15, -0.1) is 0 Å². The molecule has 0 amide bonds. The predicted octanol–water partition coefficient (Wildman–Crippen LogP) is 1.42. The molecule has 2 heterocycles. The normalized spacial score (nSPS) is 15.2. The van der Waals surface area contributed by atoms with Gasteiger partial charge in [-0.05, 0) is 23.7 Å². The molecule has 9 heteroatoms. The van der Waals surface area contributed by atoms with Crippen molar-refractivity contribution in [1.82, 2.24) is 15.0 Å². The standard InChI is InChI=1S/C13H12ClF2N5O/c14-11-17-12(19-13(22)18-11)21-5-3-20(4-6-21)10-2-1-8(15)7-9(10)16/h1-2,7H,3-6H2,(H,17,18,19,22). The summed E-state index contributed by atoms with van der Waals surface area (Å²) in [5.74, 6) is -0.955. The summed E-state index contributed by atoms with van der Waals surface area (Å²) in [5.41, 5.74) is -0.215. The summed E-state index contributed by atoms with van der Waals surface area (Å²) in [5, 5.41) is -0.0259. The minimum atomic E-state index is -0.605. The van der Waals surface area contributed by atoms with E-state index in [1.807, 2.05) is 0 Å². The Hall–Kier alpha value is -2.22. The lowest BCUT2D eigenvalue weighted by atomic mass is 10.2. The van der Waals surface area contributed by atoms with Crippen molar-refractivity contribution in [3.05, 3.63) is 45.6 Å². The van der Waals surface area contributed by atoms with Gasteiger partial charge >= 0.3 is 5.69 Å². The number of aromatic nitrogens is 3. The molecule has 0 atom stereocenters. The van der Waals surface area contributed by atoms with Crippen LogP contribution in [-0.4, -0.2) is 41.1 Å². The van der Waals surface area contributed by atoms with E-state index in [2.05, 4.69) is 15.0 Å². The summed E-state index contributed by atoms with van der Waals surface area (Å²) in [4.78, 5) is 24.9. The molecule has 2 aromatic rings. The van der Waals surface area contributed by atoms with Crippen molar-refractivity contribution in [1.29, 1.82) is 0 Å². The van der Waals surface area contributed by atoms with Crippen molar-refractivity contribution >= 4 is 23.2 Å². The van der Waals surface area contributed by atoms with Gasteiger partial charge in [0.15, 0.2) is 0 Å². The Balaban J connectivity index is 1.73. The zero-order valence-electron chi connectivity index (χ0n) is 11.4. The van der Waals surface area contributed by atoms with Gasteiger partial charge in [0.2, 0.25) is 11.2 Å². The van der Waals surface area contributed by atoms with Crippen molar-refractivity contribution in [3.8, 4) is 0 Å². The van der Waals surface area contributed by atoms with E-state index in [1.165, 1.54) is 12.1 Å². The van der Waals surface area contributed by atoms with E-state index in [0.717, 1.165) is 6.07 Å². The first kappa shape index (κ1) is 14.7. The molecule has 1 fully saturated rings. The molecule has 1 aliphatic heterocycles. The Morgan fingerprint density at radius 2 is 1.77 bits per heavy atom. The van der Waals surface area contributed by atoms with Gasteiger partial charge in [0.1, 0.15) is 11.6 Å². The molecule has 1 aromatic carbocycles. The van der Waals surface area contributed by atoms with Crippen LogP contribution >= 0.6 is 11.6 Å². The number of halogens is 3. The maximum Gasteiger partial charge on any atom is 0.350 e. The molecule has 6 nitrogen and oxygen atoms in total. The number of nitrogens with one attached hydrogen (secondary N) is 1. The van der Waals surface area contributed by atoms with Crippen LogP contribution in [0.5, 0.6) is 0 Å². The fourth-order valence-corrected chi connectivity index (χ4v) is 2.53. The van der Waals surface area contributed by atoms with Crippen LogP contribution in [0.1, 0.15) is 0 Å². The second kappa shape index (κ2) is 5.88. The molecule has 0 radical (unpaired) electrons. The maximum atomic E-state index is 13.8. The van der Waals surface area contributed by atoms with Gasteiger partial charge in [-0.3, -0.25) is 4.98 Å². The molecule has 116 valence electrons. The van der Waals surface area contributed by atoms with E-state index in [0.29, 0.717) is 31.9 Å². The summed E-state index contributed by atoms with van der Waals surface area (Å²) < 4.78 is 26.7. The fourth-order valence-electron chi connectivity index (χ4n) is 2.37.